The first-order chi connectivity index (χ1) is 12.4. The molecule has 0 aliphatic carbocycles. The maximum absolute atomic E-state index is 13.0. The van der Waals surface area contributed by atoms with Gasteiger partial charge in [0.2, 0.25) is 5.91 Å². The summed E-state index contributed by atoms with van der Waals surface area (Å²) in [5.41, 5.74) is -2.33. The van der Waals surface area contributed by atoms with E-state index in [0.29, 0.717) is 22.3 Å². The van der Waals surface area contributed by atoms with Gasteiger partial charge in [-0.25, -0.2) is 4.98 Å². The van der Waals surface area contributed by atoms with Crippen molar-refractivity contribution in [3.8, 4) is 11.1 Å². The fourth-order valence-electron chi connectivity index (χ4n) is 2.43. The van der Waals surface area contributed by atoms with Crippen LogP contribution < -0.4 is 5.32 Å². The monoisotopic (exact) mass is 404 g/mol. The second-order valence-electron chi connectivity index (χ2n) is 5.68. The summed E-state index contributed by atoms with van der Waals surface area (Å²) < 4.78 is 78.6. The molecule has 1 heterocycles. The molecule has 0 aliphatic rings. The van der Waals surface area contributed by atoms with Gasteiger partial charge in [-0.1, -0.05) is 17.4 Å². The molecule has 0 saturated carbocycles. The predicted molar refractivity (Wildman–Crippen MR) is 89.4 cm³/mol. The van der Waals surface area contributed by atoms with Gasteiger partial charge in [0.05, 0.1) is 21.3 Å². The Bertz CT molecular complexity index is 990. The highest BCUT2D eigenvalue weighted by molar-refractivity contribution is 7.22. The fraction of sp³-hybridized carbons (Fsp3) is 0.176. The van der Waals surface area contributed by atoms with E-state index < -0.39 is 23.5 Å². The summed E-state index contributed by atoms with van der Waals surface area (Å²) in [6, 6.07) is 5.73. The highest BCUT2D eigenvalue weighted by Gasteiger charge is 2.37. The van der Waals surface area contributed by atoms with Crippen LogP contribution in [0.15, 0.2) is 36.4 Å². The van der Waals surface area contributed by atoms with Gasteiger partial charge in [-0.2, -0.15) is 26.3 Å². The SMILES string of the molecule is CC(=O)Nc1nc2ccc(-c3cc(C(F)(F)F)cc(C(F)(F)F)c3)cc2s1. The first kappa shape index (κ1) is 19.2. The van der Waals surface area contributed by atoms with Crippen LogP contribution in [-0.4, -0.2) is 10.9 Å². The fourth-order valence-corrected chi connectivity index (χ4v) is 3.38. The number of nitrogens with zero attached hydrogens (tertiary/aromatic N) is 1. The Kier molecular flexibility index (Phi) is 4.62. The maximum atomic E-state index is 13.0. The van der Waals surface area contributed by atoms with E-state index in [0.717, 1.165) is 11.3 Å². The molecule has 1 N–H and O–H groups in total. The highest BCUT2D eigenvalue weighted by atomic mass is 32.1. The van der Waals surface area contributed by atoms with E-state index >= 15 is 0 Å². The molecule has 0 bridgehead atoms. The average Bonchev–Trinajstić information content (AvgIpc) is 2.93. The van der Waals surface area contributed by atoms with E-state index in [2.05, 4.69) is 10.3 Å². The van der Waals surface area contributed by atoms with Crippen LogP contribution in [0.2, 0.25) is 0 Å². The molecular formula is C17H10F6N2OS. The van der Waals surface area contributed by atoms with Gasteiger partial charge in [-0.15, -0.1) is 0 Å². The molecule has 3 nitrogen and oxygen atoms in total. The number of halogens is 6. The van der Waals surface area contributed by atoms with Crippen LogP contribution in [0.25, 0.3) is 21.3 Å². The van der Waals surface area contributed by atoms with Crippen molar-refractivity contribution in [3.63, 3.8) is 0 Å². The van der Waals surface area contributed by atoms with E-state index in [1.165, 1.54) is 25.1 Å². The Hall–Kier alpha value is -2.62. The molecule has 0 unspecified atom stereocenters. The number of alkyl halides is 6. The number of rotatable bonds is 2. The summed E-state index contributed by atoms with van der Waals surface area (Å²) in [5, 5.41) is 2.77. The first-order valence-corrected chi connectivity index (χ1v) is 8.23. The van der Waals surface area contributed by atoms with Crippen molar-refractivity contribution in [2.24, 2.45) is 0 Å². The van der Waals surface area contributed by atoms with Crippen LogP contribution in [-0.2, 0) is 17.1 Å². The molecule has 0 radical (unpaired) electrons. The number of carbonyl (C=O) groups is 1. The van der Waals surface area contributed by atoms with E-state index in [1.807, 2.05) is 0 Å². The Morgan fingerprint density at radius 2 is 1.52 bits per heavy atom. The predicted octanol–water partition coefficient (Wildman–Crippen LogP) is 5.96. The summed E-state index contributed by atoms with van der Waals surface area (Å²) in [7, 11) is 0. The van der Waals surface area contributed by atoms with Crippen molar-refractivity contribution < 1.29 is 31.1 Å². The van der Waals surface area contributed by atoms with E-state index in [1.54, 1.807) is 0 Å². The number of thiazole rings is 1. The number of hydrogen-bond acceptors (Lipinski definition) is 3. The normalized spacial score (nSPS) is 12.4. The number of benzene rings is 2. The van der Waals surface area contributed by atoms with E-state index in [4.69, 9.17) is 0 Å². The number of amides is 1. The molecule has 10 heteroatoms. The summed E-state index contributed by atoms with van der Waals surface area (Å²) in [5.74, 6) is -0.345. The molecule has 0 saturated heterocycles. The van der Waals surface area contributed by atoms with Crippen LogP contribution in [0.3, 0.4) is 0 Å². The number of hydrogen-bond donors (Lipinski definition) is 1. The van der Waals surface area contributed by atoms with Crippen molar-refractivity contribution in [1.29, 1.82) is 0 Å². The largest absolute Gasteiger partial charge is 0.416 e. The lowest BCUT2D eigenvalue weighted by Gasteiger charge is -2.14. The van der Waals surface area contributed by atoms with Gasteiger partial charge in [0.25, 0.3) is 0 Å². The van der Waals surface area contributed by atoms with Crippen molar-refractivity contribution >= 4 is 32.6 Å². The molecule has 0 aliphatic heterocycles. The topological polar surface area (TPSA) is 42.0 Å². The lowest BCUT2D eigenvalue weighted by molar-refractivity contribution is -0.143. The molecule has 2 aromatic carbocycles. The van der Waals surface area contributed by atoms with Gasteiger partial charge in [0.15, 0.2) is 5.13 Å². The molecule has 1 amide bonds. The van der Waals surface area contributed by atoms with Crippen LogP contribution in [0.4, 0.5) is 31.5 Å². The molecule has 1 aromatic heterocycles. The van der Waals surface area contributed by atoms with E-state index in [-0.39, 0.29) is 28.2 Å². The first-order valence-electron chi connectivity index (χ1n) is 7.41. The molecular weight excluding hydrogens is 394 g/mol. The summed E-state index contributed by atoms with van der Waals surface area (Å²) in [4.78, 5) is 15.2. The van der Waals surface area contributed by atoms with Crippen LogP contribution in [0.5, 0.6) is 0 Å². The van der Waals surface area contributed by atoms with Crippen molar-refractivity contribution in [1.82, 2.24) is 4.98 Å². The maximum Gasteiger partial charge on any atom is 0.416 e. The molecule has 0 spiro atoms. The number of nitrogens with one attached hydrogen (secondary N) is 1. The van der Waals surface area contributed by atoms with Crippen molar-refractivity contribution in [3.05, 3.63) is 47.5 Å². The number of carbonyl (C=O) groups excluding carboxylic acids is 1. The van der Waals surface area contributed by atoms with Crippen LogP contribution >= 0.6 is 11.3 Å². The lowest BCUT2D eigenvalue weighted by atomic mass is 9.99. The quantitative estimate of drug-likeness (QED) is 0.536. The Morgan fingerprint density at radius 3 is 2.04 bits per heavy atom. The van der Waals surface area contributed by atoms with Gasteiger partial charge >= 0.3 is 12.4 Å². The third kappa shape index (κ3) is 4.21. The Morgan fingerprint density at radius 1 is 0.926 bits per heavy atom. The van der Waals surface area contributed by atoms with Gasteiger partial charge < -0.3 is 5.32 Å². The van der Waals surface area contributed by atoms with Gasteiger partial charge in [-0.3, -0.25) is 4.79 Å². The highest BCUT2D eigenvalue weighted by Crippen LogP contribution is 2.39. The standard InChI is InChI=1S/C17H10F6N2OS/c1-8(26)24-15-25-13-3-2-9(6-14(13)27-15)10-4-11(16(18,19)20)7-12(5-10)17(21,22)23/h2-7H,1H3,(H,24,25,26). The smallest absolute Gasteiger partial charge is 0.302 e. The third-order valence-corrected chi connectivity index (χ3v) is 4.53. The van der Waals surface area contributed by atoms with Crippen LogP contribution in [0, 0.1) is 0 Å². The molecule has 3 rings (SSSR count). The van der Waals surface area contributed by atoms with Crippen molar-refractivity contribution in [2.45, 2.75) is 19.3 Å². The second kappa shape index (κ2) is 6.52. The van der Waals surface area contributed by atoms with Gasteiger partial charge in [-0.05, 0) is 41.5 Å². The molecule has 0 atom stereocenters. The summed E-state index contributed by atoms with van der Waals surface area (Å²) in [6.07, 6.45) is -9.83. The minimum Gasteiger partial charge on any atom is -0.302 e. The van der Waals surface area contributed by atoms with Gasteiger partial charge in [0.1, 0.15) is 0 Å². The minimum absolute atomic E-state index is 0.0869. The Balaban J connectivity index is 2.13. The van der Waals surface area contributed by atoms with Crippen LogP contribution in [0.1, 0.15) is 18.1 Å². The lowest BCUT2D eigenvalue weighted by Crippen LogP contribution is -2.11. The molecule has 27 heavy (non-hydrogen) atoms. The zero-order chi connectivity index (χ0) is 20.0. The minimum atomic E-state index is -4.91. The summed E-state index contributed by atoms with van der Waals surface area (Å²) in [6.45, 7) is 1.29. The average molecular weight is 404 g/mol. The number of anilines is 1. The molecule has 3 aromatic rings. The molecule has 142 valence electrons. The zero-order valence-corrected chi connectivity index (χ0v) is 14.3. The second-order valence-corrected chi connectivity index (χ2v) is 6.71. The van der Waals surface area contributed by atoms with E-state index in [9.17, 15) is 31.1 Å². The number of aromatic nitrogens is 1. The summed E-state index contributed by atoms with van der Waals surface area (Å²) >= 11 is 1.07. The Labute approximate surface area is 152 Å². The van der Waals surface area contributed by atoms with Gasteiger partial charge in [0, 0.05) is 6.92 Å². The number of fused-ring (bicyclic) bond motifs is 1. The van der Waals surface area contributed by atoms with Crippen molar-refractivity contribution in [2.75, 3.05) is 5.32 Å². The zero-order valence-electron chi connectivity index (χ0n) is 13.5. The molecule has 0 fully saturated rings. The third-order valence-electron chi connectivity index (χ3n) is 3.59.